The Bertz CT molecular complexity index is 567. The molecular weight excluding hydrogens is 296 g/mol. The van der Waals surface area contributed by atoms with Gasteiger partial charge in [0.1, 0.15) is 11.5 Å². The van der Waals surface area contributed by atoms with Crippen molar-refractivity contribution in [3.8, 4) is 0 Å². The first kappa shape index (κ1) is 15.9. The van der Waals surface area contributed by atoms with E-state index in [2.05, 4.69) is 0 Å². The summed E-state index contributed by atoms with van der Waals surface area (Å²) in [6, 6.07) is -2.62. The Hall–Kier alpha value is -2.45. The Balaban J connectivity index is 2.35. The van der Waals surface area contributed by atoms with Crippen LogP contribution in [0.15, 0.2) is 0 Å². The molecule has 1 aliphatic carbocycles. The number of hydrogen-bond donors (Lipinski definition) is 2. The first-order valence-corrected chi connectivity index (χ1v) is 6.83. The number of aliphatic carboxylic acids is 2. The molecule has 1 atom stereocenters. The minimum absolute atomic E-state index is 0.268. The number of carboxylic acids is 2. The van der Waals surface area contributed by atoms with Gasteiger partial charge in [0.25, 0.3) is 0 Å². The Kier molecular flexibility index (Phi) is 3.90. The van der Waals surface area contributed by atoms with Crippen LogP contribution in [0.2, 0.25) is 0 Å². The molecule has 1 saturated heterocycles. The Labute approximate surface area is 125 Å². The number of nitrogens with zero attached hydrogens (tertiary/aromatic N) is 2. The second-order valence-electron chi connectivity index (χ2n) is 5.54. The fourth-order valence-corrected chi connectivity index (χ4v) is 2.83. The molecule has 2 fully saturated rings. The van der Waals surface area contributed by atoms with Gasteiger partial charge >= 0.3 is 18.0 Å². The molecule has 9 heteroatoms. The zero-order valence-corrected chi connectivity index (χ0v) is 11.9. The third-order valence-electron chi connectivity index (χ3n) is 4.27. The van der Waals surface area contributed by atoms with Gasteiger partial charge in [-0.3, -0.25) is 19.3 Å². The average Bonchev–Trinajstić information content (AvgIpc) is 2.38. The first-order chi connectivity index (χ1) is 10.2. The second kappa shape index (κ2) is 5.39. The van der Waals surface area contributed by atoms with Crippen molar-refractivity contribution in [2.24, 2.45) is 5.41 Å². The van der Waals surface area contributed by atoms with Crippen molar-refractivity contribution >= 4 is 29.8 Å². The van der Waals surface area contributed by atoms with Crippen LogP contribution in [0.3, 0.4) is 0 Å². The molecule has 4 amide bonds. The topological polar surface area (TPSA) is 132 Å². The van der Waals surface area contributed by atoms with Gasteiger partial charge in [-0.25, -0.2) is 14.5 Å². The lowest BCUT2D eigenvalue weighted by molar-refractivity contribution is -0.170. The second-order valence-corrected chi connectivity index (χ2v) is 5.54. The van der Waals surface area contributed by atoms with Crippen LogP contribution in [0.1, 0.15) is 32.1 Å². The summed E-state index contributed by atoms with van der Waals surface area (Å²) < 4.78 is 0. The molecule has 0 aromatic rings. The number of hydrogen-bond acceptors (Lipinski definition) is 5. The molecule has 2 rings (SSSR count). The Morgan fingerprint density at radius 1 is 1.18 bits per heavy atom. The molecule has 1 saturated carbocycles. The van der Waals surface area contributed by atoms with E-state index in [1.165, 1.54) is 7.05 Å². The lowest BCUT2D eigenvalue weighted by Gasteiger charge is -2.48. The molecule has 1 aliphatic heterocycles. The molecule has 1 spiro atoms. The molecule has 0 bridgehead atoms. The van der Waals surface area contributed by atoms with Gasteiger partial charge in [0.05, 0.1) is 0 Å². The lowest BCUT2D eigenvalue weighted by Crippen LogP contribution is -2.69. The molecule has 0 aromatic heterocycles. The number of urea groups is 1. The lowest BCUT2D eigenvalue weighted by atomic mass is 9.65. The molecule has 120 valence electrons. The van der Waals surface area contributed by atoms with Gasteiger partial charge in [0.15, 0.2) is 0 Å². The first-order valence-electron chi connectivity index (χ1n) is 6.83. The van der Waals surface area contributed by atoms with Crippen molar-refractivity contribution in [2.45, 2.75) is 38.1 Å². The van der Waals surface area contributed by atoms with Crippen LogP contribution in [0.5, 0.6) is 0 Å². The number of carbonyl (C=O) groups excluding carboxylic acids is 3. The van der Waals surface area contributed by atoms with Crippen molar-refractivity contribution in [2.75, 3.05) is 7.05 Å². The van der Waals surface area contributed by atoms with E-state index < -0.39 is 54.1 Å². The predicted molar refractivity (Wildman–Crippen MR) is 69.6 cm³/mol. The van der Waals surface area contributed by atoms with Gasteiger partial charge in [0, 0.05) is 13.5 Å². The third-order valence-corrected chi connectivity index (χ3v) is 4.27. The van der Waals surface area contributed by atoms with Gasteiger partial charge in [-0.05, 0) is 19.3 Å². The molecule has 0 radical (unpaired) electrons. The SMILES string of the molecule is CN1C(=O)N([C@@H](CCC(=O)O)C(=O)O)C(=O)C2(CCC2)C1=O. The molecule has 0 unspecified atom stereocenters. The van der Waals surface area contributed by atoms with E-state index in [0.29, 0.717) is 11.3 Å². The van der Waals surface area contributed by atoms with Crippen LogP contribution < -0.4 is 0 Å². The van der Waals surface area contributed by atoms with Gasteiger partial charge in [-0.15, -0.1) is 0 Å². The van der Waals surface area contributed by atoms with E-state index in [9.17, 15) is 29.1 Å². The molecule has 9 nitrogen and oxygen atoms in total. The summed E-state index contributed by atoms with van der Waals surface area (Å²) in [7, 11) is 1.19. The minimum Gasteiger partial charge on any atom is -0.481 e. The summed E-state index contributed by atoms with van der Waals surface area (Å²) >= 11 is 0. The smallest absolute Gasteiger partial charge is 0.333 e. The van der Waals surface area contributed by atoms with E-state index in [-0.39, 0.29) is 12.8 Å². The zero-order valence-electron chi connectivity index (χ0n) is 11.9. The largest absolute Gasteiger partial charge is 0.481 e. The highest BCUT2D eigenvalue weighted by molar-refractivity contribution is 6.20. The number of rotatable bonds is 5. The van der Waals surface area contributed by atoms with Crippen LogP contribution in [0.4, 0.5) is 4.79 Å². The van der Waals surface area contributed by atoms with Crippen molar-refractivity contribution in [1.29, 1.82) is 0 Å². The van der Waals surface area contributed by atoms with Crippen LogP contribution >= 0.6 is 0 Å². The van der Waals surface area contributed by atoms with E-state index in [0.717, 1.165) is 4.90 Å². The summed E-state index contributed by atoms with van der Waals surface area (Å²) in [6.07, 6.45) is 0.271. The van der Waals surface area contributed by atoms with E-state index in [1.54, 1.807) is 0 Å². The monoisotopic (exact) mass is 312 g/mol. The third kappa shape index (κ3) is 2.22. The maximum absolute atomic E-state index is 12.5. The molecule has 1 heterocycles. The molecule has 0 aromatic carbocycles. The van der Waals surface area contributed by atoms with Gasteiger partial charge in [-0.2, -0.15) is 0 Å². The van der Waals surface area contributed by atoms with Crippen molar-refractivity contribution in [3.63, 3.8) is 0 Å². The van der Waals surface area contributed by atoms with Crippen molar-refractivity contribution in [1.82, 2.24) is 9.80 Å². The average molecular weight is 312 g/mol. The summed E-state index contributed by atoms with van der Waals surface area (Å²) in [5.74, 6) is -4.15. The summed E-state index contributed by atoms with van der Waals surface area (Å²) in [6.45, 7) is 0. The highest BCUT2D eigenvalue weighted by Gasteiger charge is 2.61. The minimum atomic E-state index is -1.59. The van der Waals surface area contributed by atoms with Gasteiger partial charge in [-0.1, -0.05) is 6.42 Å². The highest BCUT2D eigenvalue weighted by atomic mass is 16.4. The predicted octanol–water partition coefficient (Wildman–Crippen LogP) is -0.105. The number of barbiturate groups is 1. The molecular formula is C13H16N2O7. The van der Waals surface area contributed by atoms with Crippen LogP contribution in [-0.2, 0) is 19.2 Å². The maximum Gasteiger partial charge on any atom is 0.333 e. The Morgan fingerprint density at radius 2 is 1.77 bits per heavy atom. The number of carboxylic acid groups (broad SMARTS) is 2. The summed E-state index contributed by atoms with van der Waals surface area (Å²) in [5.41, 5.74) is -1.36. The Morgan fingerprint density at radius 3 is 2.18 bits per heavy atom. The summed E-state index contributed by atoms with van der Waals surface area (Å²) in [5, 5.41) is 17.9. The van der Waals surface area contributed by atoms with Gasteiger partial charge < -0.3 is 10.2 Å². The fourth-order valence-electron chi connectivity index (χ4n) is 2.83. The van der Waals surface area contributed by atoms with Crippen molar-refractivity contribution in [3.05, 3.63) is 0 Å². The summed E-state index contributed by atoms with van der Waals surface area (Å²) in [4.78, 5) is 60.2. The van der Waals surface area contributed by atoms with E-state index >= 15 is 0 Å². The number of imide groups is 2. The number of carbonyl (C=O) groups is 5. The van der Waals surface area contributed by atoms with Gasteiger partial charge in [0.2, 0.25) is 11.8 Å². The highest BCUT2D eigenvalue weighted by Crippen LogP contribution is 2.46. The quantitative estimate of drug-likeness (QED) is 0.677. The number of amides is 4. The molecule has 2 N–H and O–H groups in total. The van der Waals surface area contributed by atoms with Crippen LogP contribution in [0, 0.1) is 5.41 Å². The zero-order chi connectivity index (χ0) is 16.7. The van der Waals surface area contributed by atoms with Crippen LogP contribution in [0.25, 0.3) is 0 Å². The molecule has 2 aliphatic rings. The normalized spacial score (nSPS) is 21.8. The van der Waals surface area contributed by atoms with E-state index in [4.69, 9.17) is 5.11 Å². The van der Waals surface area contributed by atoms with Crippen LogP contribution in [-0.4, -0.2) is 62.9 Å². The van der Waals surface area contributed by atoms with Crippen molar-refractivity contribution < 1.29 is 34.2 Å². The molecule has 22 heavy (non-hydrogen) atoms. The van der Waals surface area contributed by atoms with E-state index in [1.807, 2.05) is 0 Å². The maximum atomic E-state index is 12.5. The fraction of sp³-hybridized carbons (Fsp3) is 0.615. The standard InChI is InChI=1S/C13H16N2O7/c1-14-10(20)13(5-2-6-13)11(21)15(12(14)22)7(9(18)19)3-4-8(16)17/h7H,2-6H2,1H3,(H,16,17)(H,18,19)/t7-/m0/s1.